The van der Waals surface area contributed by atoms with E-state index < -0.39 is 0 Å². The fraction of sp³-hybridized carbons (Fsp3) is 0.500. The van der Waals surface area contributed by atoms with Gasteiger partial charge in [0.05, 0.1) is 11.6 Å². The number of aromatic nitrogens is 2. The normalized spacial score (nSPS) is 12.9. The molecule has 0 aromatic carbocycles. The van der Waals surface area contributed by atoms with E-state index >= 15 is 0 Å². The number of unbranched alkanes of at least 4 members (excludes halogenated alkanes) is 1. The van der Waals surface area contributed by atoms with Gasteiger partial charge < -0.3 is 4.52 Å². The summed E-state index contributed by atoms with van der Waals surface area (Å²) in [6.07, 6.45) is 6.21. The molecule has 2 aromatic rings. The maximum atomic E-state index is 12.7. The lowest BCUT2D eigenvalue weighted by Gasteiger charge is -2.16. The summed E-state index contributed by atoms with van der Waals surface area (Å²) < 4.78 is 6.13. The molecule has 130 valence electrons. The lowest BCUT2D eigenvalue weighted by atomic mass is 9.92. The van der Waals surface area contributed by atoms with E-state index in [-0.39, 0.29) is 17.2 Å². The minimum absolute atomic E-state index is 0.0973. The Hall–Kier alpha value is -1.69. The fourth-order valence-corrected chi connectivity index (χ4v) is 2.75. The minimum atomic E-state index is -0.266. The molecule has 0 aliphatic carbocycles. The highest BCUT2D eigenvalue weighted by Crippen LogP contribution is 2.27. The molecule has 0 saturated heterocycles. The van der Waals surface area contributed by atoms with Crippen LogP contribution in [0.25, 0.3) is 0 Å². The van der Waals surface area contributed by atoms with E-state index in [2.05, 4.69) is 38.3 Å². The number of hydrogen-bond donors (Lipinski definition) is 1. The molecule has 0 aliphatic rings. The van der Waals surface area contributed by atoms with Gasteiger partial charge in [0, 0.05) is 28.3 Å². The van der Waals surface area contributed by atoms with Crippen LogP contribution in [-0.4, -0.2) is 16.0 Å². The molecule has 0 fully saturated rings. The van der Waals surface area contributed by atoms with E-state index in [4.69, 9.17) is 4.52 Å². The predicted molar refractivity (Wildman–Crippen MR) is 98.0 cm³/mol. The van der Waals surface area contributed by atoms with Crippen molar-refractivity contribution in [2.75, 3.05) is 5.32 Å². The van der Waals surface area contributed by atoms with E-state index in [1.807, 2.05) is 26.8 Å². The molecular weight excluding hydrogens is 370 g/mol. The average molecular weight is 394 g/mol. The maximum absolute atomic E-state index is 12.7. The van der Waals surface area contributed by atoms with Crippen LogP contribution in [0.4, 0.5) is 5.88 Å². The van der Waals surface area contributed by atoms with Gasteiger partial charge in [-0.3, -0.25) is 15.1 Å². The Balaban J connectivity index is 2.17. The highest BCUT2D eigenvalue weighted by molar-refractivity contribution is 9.10. The zero-order chi connectivity index (χ0) is 17.7. The first kappa shape index (κ1) is 18.6. The molecule has 5 nitrogen and oxygen atoms in total. The third-order valence-electron chi connectivity index (χ3n) is 3.82. The quantitative estimate of drug-likeness (QED) is 0.745. The molecule has 1 N–H and O–H groups in total. The summed E-state index contributed by atoms with van der Waals surface area (Å²) in [5.41, 5.74) is 1.58. The second-order valence-corrected chi connectivity index (χ2v) is 7.86. The molecule has 2 heterocycles. The molecule has 0 saturated carbocycles. The van der Waals surface area contributed by atoms with Gasteiger partial charge in [-0.2, -0.15) is 0 Å². The van der Waals surface area contributed by atoms with Crippen LogP contribution in [0.15, 0.2) is 33.5 Å². The van der Waals surface area contributed by atoms with Gasteiger partial charge in [-0.25, -0.2) is 0 Å². The summed E-state index contributed by atoms with van der Waals surface area (Å²) in [5, 5.41) is 6.89. The van der Waals surface area contributed by atoms with Gasteiger partial charge >= 0.3 is 0 Å². The number of halogens is 1. The van der Waals surface area contributed by atoms with Crippen molar-refractivity contribution in [1.29, 1.82) is 0 Å². The van der Waals surface area contributed by atoms with Crippen molar-refractivity contribution < 1.29 is 9.32 Å². The van der Waals surface area contributed by atoms with Gasteiger partial charge in [0.2, 0.25) is 11.8 Å². The van der Waals surface area contributed by atoms with Crippen LogP contribution in [0.1, 0.15) is 64.1 Å². The first-order chi connectivity index (χ1) is 11.3. The molecule has 0 radical (unpaired) electrons. The van der Waals surface area contributed by atoms with Gasteiger partial charge in [-0.1, -0.05) is 45.7 Å². The Bertz CT molecular complexity index is 692. The first-order valence-corrected chi connectivity index (χ1v) is 8.99. The summed E-state index contributed by atoms with van der Waals surface area (Å²) in [7, 11) is 0. The lowest BCUT2D eigenvalue weighted by Crippen LogP contribution is -2.21. The van der Waals surface area contributed by atoms with Crippen LogP contribution in [-0.2, 0) is 10.2 Å². The number of carbonyl (C=O) groups excluding carboxylic acids is 1. The molecule has 1 unspecified atom stereocenters. The smallest absolute Gasteiger partial charge is 0.234 e. The van der Waals surface area contributed by atoms with Gasteiger partial charge in [0.15, 0.2) is 0 Å². The number of nitrogens with zero attached hydrogens (tertiary/aromatic N) is 2. The van der Waals surface area contributed by atoms with Crippen molar-refractivity contribution in [1.82, 2.24) is 10.1 Å². The predicted octanol–water partition coefficient (Wildman–Crippen LogP) is 5.04. The van der Waals surface area contributed by atoms with E-state index in [9.17, 15) is 4.79 Å². The van der Waals surface area contributed by atoms with Crippen molar-refractivity contribution in [3.8, 4) is 0 Å². The molecule has 0 bridgehead atoms. The van der Waals surface area contributed by atoms with Crippen molar-refractivity contribution in [3.63, 3.8) is 0 Å². The van der Waals surface area contributed by atoms with Gasteiger partial charge in [0.1, 0.15) is 0 Å². The van der Waals surface area contributed by atoms with E-state index in [1.54, 1.807) is 18.5 Å². The van der Waals surface area contributed by atoms with Crippen LogP contribution in [0.3, 0.4) is 0 Å². The van der Waals surface area contributed by atoms with Gasteiger partial charge in [0.25, 0.3) is 0 Å². The topological polar surface area (TPSA) is 68.0 Å². The lowest BCUT2D eigenvalue weighted by molar-refractivity contribution is -0.117. The van der Waals surface area contributed by atoms with E-state index in [0.29, 0.717) is 5.88 Å². The molecule has 1 amide bonds. The molecule has 2 rings (SSSR count). The molecule has 6 heteroatoms. The van der Waals surface area contributed by atoms with Crippen LogP contribution in [0.5, 0.6) is 0 Å². The van der Waals surface area contributed by atoms with Crippen LogP contribution in [0, 0.1) is 0 Å². The average Bonchev–Trinajstić information content (AvgIpc) is 2.96. The highest BCUT2D eigenvalue weighted by atomic mass is 79.9. The molecule has 1 atom stereocenters. The minimum Gasteiger partial charge on any atom is -0.338 e. The summed E-state index contributed by atoms with van der Waals surface area (Å²) >= 11 is 3.42. The Kier molecular flexibility index (Phi) is 6.15. The Morgan fingerprint density at radius 1 is 1.33 bits per heavy atom. The number of anilines is 1. The summed E-state index contributed by atoms with van der Waals surface area (Å²) in [6.45, 7) is 8.26. The maximum Gasteiger partial charge on any atom is 0.234 e. The molecular formula is C18H24BrN3O2. The van der Waals surface area contributed by atoms with Crippen molar-refractivity contribution >= 4 is 27.7 Å². The van der Waals surface area contributed by atoms with Crippen molar-refractivity contribution in [3.05, 3.63) is 40.3 Å². The summed E-state index contributed by atoms with van der Waals surface area (Å²) in [5.74, 6) is 0.0208. The second-order valence-electron chi connectivity index (χ2n) is 6.95. The first-order valence-electron chi connectivity index (χ1n) is 8.19. The van der Waals surface area contributed by atoms with Gasteiger partial charge in [-0.05, 0) is 34.0 Å². The van der Waals surface area contributed by atoms with Crippen molar-refractivity contribution in [2.45, 2.75) is 58.3 Å². The van der Waals surface area contributed by atoms with Crippen molar-refractivity contribution in [2.24, 2.45) is 0 Å². The van der Waals surface area contributed by atoms with Crippen LogP contribution >= 0.6 is 15.9 Å². The standard InChI is InChI=1S/C18H24BrN3O2/c1-5-6-7-14(12-8-13(19)11-20-10-12)17(23)21-16-9-15(22-24-16)18(2,3)4/h8-11,14H,5-7H2,1-4H3,(H,21,23). The zero-order valence-electron chi connectivity index (χ0n) is 14.6. The monoisotopic (exact) mass is 393 g/mol. The Morgan fingerprint density at radius 3 is 2.67 bits per heavy atom. The number of nitrogens with one attached hydrogen (secondary N) is 1. The number of amides is 1. The number of pyridine rings is 1. The molecule has 0 spiro atoms. The molecule has 2 aromatic heterocycles. The Morgan fingerprint density at radius 2 is 2.08 bits per heavy atom. The van der Waals surface area contributed by atoms with Crippen LogP contribution < -0.4 is 5.32 Å². The number of carbonyl (C=O) groups is 1. The van der Waals surface area contributed by atoms with Gasteiger partial charge in [-0.15, -0.1) is 0 Å². The molecule has 24 heavy (non-hydrogen) atoms. The number of rotatable bonds is 6. The SMILES string of the molecule is CCCCC(C(=O)Nc1cc(C(C)(C)C)no1)c1cncc(Br)c1. The fourth-order valence-electron chi connectivity index (χ4n) is 2.37. The third-order valence-corrected chi connectivity index (χ3v) is 4.25. The third kappa shape index (κ3) is 4.90. The largest absolute Gasteiger partial charge is 0.338 e. The summed E-state index contributed by atoms with van der Waals surface area (Å²) in [4.78, 5) is 16.9. The second kappa shape index (κ2) is 7.92. The van der Waals surface area contributed by atoms with Crippen LogP contribution in [0.2, 0.25) is 0 Å². The number of hydrogen-bond acceptors (Lipinski definition) is 4. The van der Waals surface area contributed by atoms with E-state index in [1.165, 1.54) is 0 Å². The Labute approximate surface area is 151 Å². The summed E-state index contributed by atoms with van der Waals surface area (Å²) in [6, 6.07) is 3.72. The highest BCUT2D eigenvalue weighted by Gasteiger charge is 2.24. The van der Waals surface area contributed by atoms with E-state index in [0.717, 1.165) is 35.0 Å². The zero-order valence-corrected chi connectivity index (χ0v) is 16.2. The molecule has 0 aliphatic heterocycles.